The zero-order valence-electron chi connectivity index (χ0n) is 9.72. The minimum atomic E-state index is -0.479. The number of rotatable bonds is 3. The SMILES string of the molecule is Cc1ccc([N+](=O)[O-])c([C@@H](N)C2CCC2)c1O. The van der Waals surface area contributed by atoms with Gasteiger partial charge >= 0.3 is 0 Å². The van der Waals surface area contributed by atoms with Crippen molar-refractivity contribution in [2.45, 2.75) is 32.2 Å². The van der Waals surface area contributed by atoms with Gasteiger partial charge in [-0.2, -0.15) is 0 Å². The Hall–Kier alpha value is -1.62. The van der Waals surface area contributed by atoms with Gasteiger partial charge in [-0.15, -0.1) is 0 Å². The van der Waals surface area contributed by atoms with Crippen LogP contribution >= 0.6 is 0 Å². The van der Waals surface area contributed by atoms with E-state index in [0.29, 0.717) is 11.1 Å². The first-order valence-corrected chi connectivity index (χ1v) is 5.74. The Bertz CT molecular complexity index is 455. The molecule has 0 amide bonds. The predicted molar refractivity (Wildman–Crippen MR) is 63.8 cm³/mol. The molecule has 1 aromatic carbocycles. The Morgan fingerprint density at radius 1 is 1.53 bits per heavy atom. The lowest BCUT2D eigenvalue weighted by Crippen LogP contribution is -2.27. The van der Waals surface area contributed by atoms with Gasteiger partial charge in [0.25, 0.3) is 5.69 Å². The molecule has 2 rings (SSSR count). The standard InChI is InChI=1S/C12H16N2O3/c1-7-5-6-9(14(16)17)10(12(7)15)11(13)8-3-2-4-8/h5-6,8,11,15H,2-4,13H2,1H3/t11-/m0/s1. The van der Waals surface area contributed by atoms with Gasteiger partial charge in [0.2, 0.25) is 0 Å². The maximum Gasteiger partial charge on any atom is 0.277 e. The fourth-order valence-corrected chi connectivity index (χ4v) is 2.23. The number of aryl methyl sites for hydroxylation is 1. The predicted octanol–water partition coefficient (Wildman–Crippen LogP) is 2.41. The summed E-state index contributed by atoms with van der Waals surface area (Å²) in [5.41, 5.74) is 6.88. The van der Waals surface area contributed by atoms with Crippen molar-refractivity contribution < 1.29 is 10.0 Å². The molecule has 5 nitrogen and oxygen atoms in total. The van der Waals surface area contributed by atoms with Crippen molar-refractivity contribution >= 4 is 5.69 Å². The number of nitrogens with two attached hydrogens (primary N) is 1. The van der Waals surface area contributed by atoms with Crippen molar-refractivity contribution in [3.63, 3.8) is 0 Å². The average Bonchev–Trinajstić information content (AvgIpc) is 2.18. The number of hydrogen-bond acceptors (Lipinski definition) is 4. The number of nitro groups is 1. The van der Waals surface area contributed by atoms with E-state index in [0.717, 1.165) is 19.3 Å². The van der Waals surface area contributed by atoms with Gasteiger partial charge in [0, 0.05) is 12.1 Å². The van der Waals surface area contributed by atoms with Crippen LogP contribution in [0.15, 0.2) is 12.1 Å². The molecule has 17 heavy (non-hydrogen) atoms. The number of benzene rings is 1. The zero-order chi connectivity index (χ0) is 12.6. The molecule has 0 bridgehead atoms. The number of hydrogen-bond donors (Lipinski definition) is 2. The largest absolute Gasteiger partial charge is 0.507 e. The first kappa shape index (κ1) is 11.9. The quantitative estimate of drug-likeness (QED) is 0.623. The van der Waals surface area contributed by atoms with Crippen molar-refractivity contribution in [2.24, 2.45) is 11.7 Å². The summed E-state index contributed by atoms with van der Waals surface area (Å²) in [5, 5.41) is 20.9. The molecule has 0 radical (unpaired) electrons. The van der Waals surface area contributed by atoms with Gasteiger partial charge in [-0.1, -0.05) is 6.42 Å². The topological polar surface area (TPSA) is 89.4 Å². The fraction of sp³-hybridized carbons (Fsp3) is 0.500. The molecule has 1 aliphatic rings. The summed E-state index contributed by atoms with van der Waals surface area (Å²) in [6, 6.07) is 2.52. The molecule has 0 aromatic heterocycles. The van der Waals surface area contributed by atoms with E-state index in [-0.39, 0.29) is 17.4 Å². The Kier molecular flexibility index (Phi) is 3.02. The van der Waals surface area contributed by atoms with E-state index in [2.05, 4.69) is 0 Å². The molecule has 92 valence electrons. The lowest BCUT2D eigenvalue weighted by atomic mass is 9.77. The highest BCUT2D eigenvalue weighted by molar-refractivity contribution is 5.54. The monoisotopic (exact) mass is 236 g/mol. The fourth-order valence-electron chi connectivity index (χ4n) is 2.23. The molecule has 3 N–H and O–H groups in total. The summed E-state index contributed by atoms with van der Waals surface area (Å²) in [4.78, 5) is 10.5. The van der Waals surface area contributed by atoms with E-state index >= 15 is 0 Å². The van der Waals surface area contributed by atoms with Gasteiger partial charge in [-0.05, 0) is 37.3 Å². The Morgan fingerprint density at radius 2 is 2.18 bits per heavy atom. The third kappa shape index (κ3) is 1.98. The second kappa shape index (κ2) is 4.33. The van der Waals surface area contributed by atoms with Crippen molar-refractivity contribution in [2.75, 3.05) is 0 Å². The molecule has 1 atom stereocenters. The van der Waals surface area contributed by atoms with E-state index in [9.17, 15) is 15.2 Å². The lowest BCUT2D eigenvalue weighted by molar-refractivity contribution is -0.385. The molecule has 0 spiro atoms. The molecule has 0 saturated heterocycles. The van der Waals surface area contributed by atoms with E-state index in [1.165, 1.54) is 6.07 Å². The Balaban J connectivity index is 2.48. The van der Waals surface area contributed by atoms with Crippen LogP contribution in [0.25, 0.3) is 0 Å². The van der Waals surface area contributed by atoms with Crippen LogP contribution in [-0.4, -0.2) is 10.0 Å². The minimum Gasteiger partial charge on any atom is -0.507 e. The first-order valence-electron chi connectivity index (χ1n) is 5.74. The second-order valence-corrected chi connectivity index (χ2v) is 4.64. The highest BCUT2D eigenvalue weighted by Crippen LogP contribution is 2.43. The van der Waals surface area contributed by atoms with Crippen LogP contribution < -0.4 is 5.73 Å². The summed E-state index contributed by atoms with van der Waals surface area (Å²) < 4.78 is 0. The van der Waals surface area contributed by atoms with Crippen molar-refractivity contribution in [3.8, 4) is 5.75 Å². The summed E-state index contributed by atoms with van der Waals surface area (Å²) >= 11 is 0. The van der Waals surface area contributed by atoms with Crippen molar-refractivity contribution in [1.29, 1.82) is 0 Å². The van der Waals surface area contributed by atoms with Crippen molar-refractivity contribution in [3.05, 3.63) is 33.4 Å². The van der Waals surface area contributed by atoms with Gasteiger partial charge in [-0.3, -0.25) is 10.1 Å². The molecule has 1 aromatic rings. The maximum atomic E-state index is 11.0. The molecule has 1 aliphatic carbocycles. The molecular weight excluding hydrogens is 220 g/mol. The maximum absolute atomic E-state index is 11.0. The summed E-state index contributed by atoms with van der Waals surface area (Å²) in [7, 11) is 0. The summed E-state index contributed by atoms with van der Waals surface area (Å²) in [6.07, 6.45) is 3.07. The van der Waals surface area contributed by atoms with Gasteiger partial charge in [-0.25, -0.2) is 0 Å². The normalized spacial score (nSPS) is 17.5. The van der Waals surface area contributed by atoms with Crippen molar-refractivity contribution in [1.82, 2.24) is 0 Å². The van der Waals surface area contributed by atoms with Crippen LogP contribution in [0.3, 0.4) is 0 Å². The molecule has 0 heterocycles. The minimum absolute atomic E-state index is 0.0291. The first-order chi connectivity index (χ1) is 8.02. The molecule has 0 unspecified atom stereocenters. The lowest BCUT2D eigenvalue weighted by Gasteiger charge is -2.31. The van der Waals surface area contributed by atoms with Crippen LogP contribution in [0.2, 0.25) is 0 Å². The third-order valence-corrected chi connectivity index (χ3v) is 3.58. The third-order valence-electron chi connectivity index (χ3n) is 3.58. The molecular formula is C12H16N2O3. The molecule has 0 aliphatic heterocycles. The van der Waals surface area contributed by atoms with Crippen LogP contribution in [0.5, 0.6) is 5.75 Å². The average molecular weight is 236 g/mol. The molecule has 1 saturated carbocycles. The number of aromatic hydroxyl groups is 1. The van der Waals surface area contributed by atoms with Gasteiger partial charge in [0.1, 0.15) is 5.75 Å². The van der Waals surface area contributed by atoms with Crippen LogP contribution in [-0.2, 0) is 0 Å². The van der Waals surface area contributed by atoms with E-state index in [1.807, 2.05) is 0 Å². The zero-order valence-corrected chi connectivity index (χ0v) is 9.72. The second-order valence-electron chi connectivity index (χ2n) is 4.64. The number of nitrogens with zero attached hydrogens (tertiary/aromatic N) is 1. The highest BCUT2D eigenvalue weighted by atomic mass is 16.6. The van der Waals surface area contributed by atoms with Gasteiger partial charge in [0.05, 0.1) is 10.5 Å². The molecule has 5 heteroatoms. The van der Waals surface area contributed by atoms with E-state index < -0.39 is 11.0 Å². The number of phenols is 1. The smallest absolute Gasteiger partial charge is 0.277 e. The number of nitro benzene ring substituents is 1. The van der Waals surface area contributed by atoms with E-state index in [1.54, 1.807) is 13.0 Å². The molecule has 1 fully saturated rings. The van der Waals surface area contributed by atoms with Crippen LogP contribution in [0.4, 0.5) is 5.69 Å². The van der Waals surface area contributed by atoms with Gasteiger partial charge in [0.15, 0.2) is 0 Å². The number of phenolic OH excluding ortho intramolecular Hbond substituents is 1. The van der Waals surface area contributed by atoms with E-state index in [4.69, 9.17) is 5.73 Å². The van der Waals surface area contributed by atoms with Crippen LogP contribution in [0.1, 0.15) is 36.4 Å². The summed E-state index contributed by atoms with van der Waals surface area (Å²) in [5.74, 6) is 0.222. The Morgan fingerprint density at radius 3 is 2.65 bits per heavy atom. The highest BCUT2D eigenvalue weighted by Gasteiger charge is 2.32. The van der Waals surface area contributed by atoms with Crippen LogP contribution in [0, 0.1) is 23.0 Å². The summed E-state index contributed by atoms with van der Waals surface area (Å²) in [6.45, 7) is 1.72. The van der Waals surface area contributed by atoms with Gasteiger partial charge < -0.3 is 10.8 Å². The Labute approximate surface area is 99.4 Å².